The van der Waals surface area contributed by atoms with Gasteiger partial charge in [-0.05, 0) is 44.4 Å². The second-order valence-electron chi connectivity index (χ2n) is 9.37. The van der Waals surface area contributed by atoms with Gasteiger partial charge in [-0.25, -0.2) is 24.0 Å². The summed E-state index contributed by atoms with van der Waals surface area (Å²) in [6, 6.07) is 10.4. The van der Waals surface area contributed by atoms with E-state index in [0.29, 0.717) is 40.9 Å². The molecule has 7 nitrogen and oxygen atoms in total. The highest BCUT2D eigenvalue weighted by molar-refractivity contribution is 6.05. The van der Waals surface area contributed by atoms with Gasteiger partial charge >= 0.3 is 0 Å². The molecule has 0 radical (unpaired) electrons. The van der Waals surface area contributed by atoms with Gasteiger partial charge in [0.1, 0.15) is 17.3 Å². The summed E-state index contributed by atoms with van der Waals surface area (Å²) in [5.41, 5.74) is 2.68. The lowest BCUT2D eigenvalue weighted by Gasteiger charge is -2.19. The molecule has 0 unspecified atom stereocenters. The van der Waals surface area contributed by atoms with Gasteiger partial charge in [-0.2, -0.15) is 5.10 Å². The minimum atomic E-state index is -0.702. The van der Waals surface area contributed by atoms with Gasteiger partial charge in [-0.1, -0.05) is 32.0 Å². The van der Waals surface area contributed by atoms with Crippen LogP contribution in [0.2, 0.25) is 0 Å². The van der Waals surface area contributed by atoms with E-state index >= 15 is 0 Å². The monoisotopic (exact) mass is 444 g/mol. The van der Waals surface area contributed by atoms with Crippen LogP contribution in [0.1, 0.15) is 44.5 Å². The second-order valence-corrected chi connectivity index (χ2v) is 9.37. The Labute approximate surface area is 191 Å². The lowest BCUT2D eigenvalue weighted by atomic mass is 9.84. The predicted octanol–water partition coefficient (Wildman–Crippen LogP) is 4.50. The molecule has 0 bridgehead atoms. The van der Waals surface area contributed by atoms with Crippen LogP contribution in [0.3, 0.4) is 0 Å². The predicted molar refractivity (Wildman–Crippen MR) is 124 cm³/mol. The molecular formula is C25H25FN6O. The molecule has 0 fully saturated rings. The average Bonchev–Trinajstić information content (AvgIpc) is 3.24. The third kappa shape index (κ3) is 3.55. The van der Waals surface area contributed by atoms with Crippen molar-refractivity contribution in [3.05, 3.63) is 65.2 Å². The number of fused-ring (bicyclic) bond motifs is 2. The summed E-state index contributed by atoms with van der Waals surface area (Å²) in [5.74, 6) is 0.918. The molecule has 3 aromatic heterocycles. The number of amides is 1. The second kappa shape index (κ2) is 7.72. The number of halogens is 1. The number of hydrogen-bond donors (Lipinski definition) is 1. The van der Waals surface area contributed by atoms with E-state index in [9.17, 15) is 9.18 Å². The molecule has 0 aliphatic carbocycles. The molecule has 4 heterocycles. The number of nitrogens with one attached hydrogen (secondary N) is 1. The fourth-order valence-corrected chi connectivity index (χ4v) is 4.34. The fourth-order valence-electron chi connectivity index (χ4n) is 4.34. The molecule has 0 spiro atoms. The lowest BCUT2D eigenvalue weighted by molar-refractivity contribution is -0.119. The maximum Gasteiger partial charge on any atom is 0.235 e. The summed E-state index contributed by atoms with van der Waals surface area (Å²) >= 11 is 0. The Morgan fingerprint density at radius 3 is 2.67 bits per heavy atom. The van der Waals surface area contributed by atoms with Gasteiger partial charge in [0.05, 0.1) is 23.0 Å². The molecule has 168 valence electrons. The highest BCUT2D eigenvalue weighted by Crippen LogP contribution is 2.40. The van der Waals surface area contributed by atoms with Gasteiger partial charge in [-0.15, -0.1) is 0 Å². The van der Waals surface area contributed by atoms with Crippen molar-refractivity contribution < 1.29 is 9.18 Å². The molecule has 1 aromatic carbocycles. The first-order chi connectivity index (χ1) is 15.8. The molecular weight excluding hydrogens is 419 g/mol. The van der Waals surface area contributed by atoms with Crippen LogP contribution < -0.4 is 5.32 Å². The summed E-state index contributed by atoms with van der Waals surface area (Å²) in [6.07, 6.45) is 2.39. The van der Waals surface area contributed by atoms with Crippen molar-refractivity contribution >= 4 is 22.8 Å². The Morgan fingerprint density at radius 2 is 1.91 bits per heavy atom. The summed E-state index contributed by atoms with van der Waals surface area (Å²) in [6.45, 7) is 8.25. The van der Waals surface area contributed by atoms with Gasteiger partial charge in [-0.3, -0.25) is 4.79 Å². The minimum absolute atomic E-state index is 0.0921. The number of hydrogen-bond acceptors (Lipinski definition) is 5. The van der Waals surface area contributed by atoms with Crippen molar-refractivity contribution in [1.82, 2.24) is 24.7 Å². The summed E-state index contributed by atoms with van der Waals surface area (Å²) in [5, 5.41) is 8.44. The van der Waals surface area contributed by atoms with E-state index in [-0.39, 0.29) is 18.3 Å². The number of carbonyl (C=O) groups is 1. The Morgan fingerprint density at radius 1 is 1.12 bits per heavy atom. The van der Waals surface area contributed by atoms with E-state index in [1.807, 2.05) is 26.0 Å². The van der Waals surface area contributed by atoms with E-state index < -0.39 is 5.41 Å². The zero-order chi connectivity index (χ0) is 23.3. The number of anilines is 1. The number of pyridine rings is 1. The molecule has 0 atom stereocenters. The Bertz CT molecular complexity index is 1390. The van der Waals surface area contributed by atoms with Crippen LogP contribution in [-0.2, 0) is 23.2 Å². The topological polar surface area (TPSA) is 85.6 Å². The van der Waals surface area contributed by atoms with E-state index in [0.717, 1.165) is 16.6 Å². The van der Waals surface area contributed by atoms with E-state index in [1.54, 1.807) is 29.1 Å². The highest BCUT2D eigenvalue weighted by Gasteiger charge is 2.42. The zero-order valence-electron chi connectivity index (χ0n) is 19.1. The number of nitrogens with zero attached hydrogens (tertiary/aromatic N) is 5. The van der Waals surface area contributed by atoms with Crippen LogP contribution in [0.4, 0.5) is 10.2 Å². The molecule has 5 rings (SSSR count). The van der Waals surface area contributed by atoms with Gasteiger partial charge in [0.15, 0.2) is 11.5 Å². The minimum Gasteiger partial charge on any atom is -0.310 e. The van der Waals surface area contributed by atoms with E-state index in [4.69, 9.17) is 15.1 Å². The first-order valence-corrected chi connectivity index (χ1v) is 11.0. The molecule has 1 aliphatic heterocycles. The van der Waals surface area contributed by atoms with Crippen molar-refractivity contribution in [2.45, 2.75) is 46.1 Å². The molecule has 0 saturated carbocycles. The van der Waals surface area contributed by atoms with Crippen LogP contribution in [0.25, 0.3) is 22.6 Å². The molecule has 1 N–H and O–H groups in total. The van der Waals surface area contributed by atoms with Gasteiger partial charge < -0.3 is 5.32 Å². The molecule has 8 heteroatoms. The molecule has 0 saturated heterocycles. The number of benzene rings is 1. The van der Waals surface area contributed by atoms with Gasteiger partial charge in [0.2, 0.25) is 5.91 Å². The van der Waals surface area contributed by atoms with Crippen molar-refractivity contribution in [3.8, 4) is 11.5 Å². The maximum atomic E-state index is 14.3. The summed E-state index contributed by atoms with van der Waals surface area (Å²) in [7, 11) is 0. The molecule has 33 heavy (non-hydrogen) atoms. The maximum absolute atomic E-state index is 14.3. The van der Waals surface area contributed by atoms with Crippen LogP contribution in [0.15, 0.2) is 42.6 Å². The van der Waals surface area contributed by atoms with Gasteiger partial charge in [0, 0.05) is 17.3 Å². The first-order valence-electron chi connectivity index (χ1n) is 11.0. The Hall–Kier alpha value is -3.68. The number of carbonyl (C=O) groups excluding carboxylic acids is 1. The van der Waals surface area contributed by atoms with Crippen molar-refractivity contribution in [3.63, 3.8) is 0 Å². The van der Waals surface area contributed by atoms with Crippen LogP contribution in [-0.4, -0.2) is 30.6 Å². The SMILES string of the molecule is CC(C)Cc1nc(-c2nn(Cc3ccccc3F)c3ncccc23)nc2c1C(C)(C)C(=O)N2. The van der Waals surface area contributed by atoms with Crippen LogP contribution >= 0.6 is 0 Å². The molecule has 1 aliphatic rings. The van der Waals surface area contributed by atoms with E-state index in [1.165, 1.54) is 6.07 Å². The zero-order valence-corrected chi connectivity index (χ0v) is 19.1. The normalized spacial score (nSPS) is 14.7. The third-order valence-electron chi connectivity index (χ3n) is 6.01. The van der Waals surface area contributed by atoms with Gasteiger partial charge in [0.25, 0.3) is 0 Å². The fraction of sp³-hybridized carbons (Fsp3) is 0.320. The number of rotatable bonds is 5. The third-order valence-corrected chi connectivity index (χ3v) is 6.01. The quantitative estimate of drug-likeness (QED) is 0.490. The summed E-state index contributed by atoms with van der Waals surface area (Å²) < 4.78 is 16.0. The standard InChI is InChI=1S/C25H25FN6O/c1-14(2)12-18-19-21(30-24(33)25(19,3)4)29-22(28-18)20-16-9-7-11-27-23(16)32(31-20)13-15-8-5-6-10-17(15)26/h5-11,14H,12-13H2,1-4H3,(H,28,29,30,33). The average molecular weight is 445 g/mol. The Balaban J connectivity index is 1.68. The van der Waals surface area contributed by atoms with Crippen molar-refractivity contribution in [2.24, 2.45) is 5.92 Å². The largest absolute Gasteiger partial charge is 0.310 e. The van der Waals surface area contributed by atoms with Crippen LogP contribution in [0, 0.1) is 11.7 Å². The van der Waals surface area contributed by atoms with Crippen LogP contribution in [0.5, 0.6) is 0 Å². The first kappa shape index (κ1) is 21.2. The number of aromatic nitrogens is 5. The molecule has 1 amide bonds. The van der Waals surface area contributed by atoms with E-state index in [2.05, 4.69) is 24.1 Å². The van der Waals surface area contributed by atoms with Crippen molar-refractivity contribution in [2.75, 3.05) is 5.32 Å². The summed E-state index contributed by atoms with van der Waals surface area (Å²) in [4.78, 5) is 26.7. The highest BCUT2D eigenvalue weighted by atomic mass is 19.1. The Kier molecular flexibility index (Phi) is 4.96. The van der Waals surface area contributed by atoms with Crippen molar-refractivity contribution in [1.29, 1.82) is 0 Å². The smallest absolute Gasteiger partial charge is 0.235 e. The molecule has 4 aromatic rings. The lowest BCUT2D eigenvalue weighted by Crippen LogP contribution is -2.28.